The summed E-state index contributed by atoms with van der Waals surface area (Å²) in [7, 11) is 0. The van der Waals surface area contributed by atoms with E-state index in [-0.39, 0.29) is 16.7 Å². The first-order valence-corrected chi connectivity index (χ1v) is 7.51. The zero-order valence-electron chi connectivity index (χ0n) is 12.4. The Morgan fingerprint density at radius 1 is 1.00 bits per heavy atom. The summed E-state index contributed by atoms with van der Waals surface area (Å²) >= 11 is 6.00. The zero-order valence-corrected chi connectivity index (χ0v) is 13.1. The molecule has 4 aromatic rings. The average Bonchev–Trinajstić information content (AvgIpc) is 3.03. The number of aromatic amines is 1. The van der Waals surface area contributed by atoms with Crippen molar-refractivity contribution in [1.29, 1.82) is 0 Å². The summed E-state index contributed by atoms with van der Waals surface area (Å²) in [5, 5.41) is 4.50. The van der Waals surface area contributed by atoms with E-state index in [4.69, 9.17) is 16.1 Å². The monoisotopic (exact) mass is 359 g/mol. The van der Waals surface area contributed by atoms with Gasteiger partial charge in [-0.2, -0.15) is 4.98 Å². The van der Waals surface area contributed by atoms with Crippen LogP contribution in [0, 0.1) is 11.6 Å². The highest BCUT2D eigenvalue weighted by atomic mass is 35.5. The number of halogens is 3. The third-order valence-corrected chi connectivity index (χ3v) is 3.95. The van der Waals surface area contributed by atoms with Gasteiger partial charge in [0.1, 0.15) is 11.6 Å². The summed E-state index contributed by atoms with van der Waals surface area (Å²) in [5.74, 6) is -0.752. The lowest BCUT2D eigenvalue weighted by atomic mass is 10.1. The first-order chi connectivity index (χ1) is 12.0. The molecule has 0 saturated heterocycles. The van der Waals surface area contributed by atoms with Crippen LogP contribution in [-0.4, -0.2) is 15.1 Å². The molecule has 0 amide bonds. The molecule has 2 aromatic carbocycles. The lowest BCUT2D eigenvalue weighted by Crippen LogP contribution is -2.05. The van der Waals surface area contributed by atoms with E-state index in [0.717, 1.165) is 6.07 Å². The predicted octanol–water partition coefficient (Wildman–Crippen LogP) is 4.18. The Hall–Kier alpha value is -3.06. The van der Waals surface area contributed by atoms with Crippen LogP contribution in [0.25, 0.3) is 33.7 Å². The second kappa shape index (κ2) is 5.78. The van der Waals surface area contributed by atoms with Gasteiger partial charge < -0.3 is 9.51 Å². The fourth-order valence-electron chi connectivity index (χ4n) is 2.52. The van der Waals surface area contributed by atoms with Crippen molar-refractivity contribution < 1.29 is 13.3 Å². The molecule has 0 unspecified atom stereocenters. The van der Waals surface area contributed by atoms with Gasteiger partial charge in [0, 0.05) is 17.0 Å². The highest BCUT2D eigenvalue weighted by Crippen LogP contribution is 2.30. The van der Waals surface area contributed by atoms with E-state index in [1.807, 2.05) is 0 Å². The number of hydrogen-bond acceptors (Lipinski definition) is 4. The van der Waals surface area contributed by atoms with E-state index in [0.29, 0.717) is 22.0 Å². The van der Waals surface area contributed by atoms with Crippen LogP contribution in [0.5, 0.6) is 0 Å². The number of pyridine rings is 1. The van der Waals surface area contributed by atoms with Gasteiger partial charge >= 0.3 is 0 Å². The zero-order chi connectivity index (χ0) is 17.6. The molecular formula is C17H8ClF2N3O2. The molecule has 1 N–H and O–H groups in total. The summed E-state index contributed by atoms with van der Waals surface area (Å²) in [4.78, 5) is 18.6. The minimum absolute atomic E-state index is 0.0677. The Bertz CT molecular complexity index is 1170. The van der Waals surface area contributed by atoms with Crippen LogP contribution in [0.15, 0.2) is 51.8 Å². The average molecular weight is 360 g/mol. The lowest BCUT2D eigenvalue weighted by Gasteiger charge is -2.02. The Kier molecular flexibility index (Phi) is 3.58. The fraction of sp³-hybridized carbons (Fsp3) is 0. The number of nitrogens with one attached hydrogen (secondary N) is 1. The molecule has 0 aliphatic carbocycles. The van der Waals surface area contributed by atoms with Crippen molar-refractivity contribution in [3.8, 4) is 22.8 Å². The number of H-pyrrole nitrogens is 1. The van der Waals surface area contributed by atoms with Crippen LogP contribution in [0.4, 0.5) is 8.78 Å². The van der Waals surface area contributed by atoms with E-state index in [1.165, 1.54) is 36.4 Å². The van der Waals surface area contributed by atoms with Gasteiger partial charge in [0.25, 0.3) is 5.89 Å². The molecular weight excluding hydrogens is 352 g/mol. The van der Waals surface area contributed by atoms with Crippen LogP contribution in [0.1, 0.15) is 0 Å². The van der Waals surface area contributed by atoms with E-state index >= 15 is 0 Å². The van der Waals surface area contributed by atoms with Gasteiger partial charge in [0.15, 0.2) is 0 Å². The smallest absolute Gasteiger partial charge is 0.259 e. The van der Waals surface area contributed by atoms with Gasteiger partial charge in [-0.3, -0.25) is 4.79 Å². The molecule has 2 aromatic heterocycles. The first kappa shape index (κ1) is 15.5. The molecule has 0 atom stereocenters. The van der Waals surface area contributed by atoms with Crippen molar-refractivity contribution in [3.05, 3.63) is 69.5 Å². The minimum Gasteiger partial charge on any atom is -0.334 e. The molecule has 0 saturated carbocycles. The minimum atomic E-state index is -0.486. The molecule has 0 spiro atoms. The molecule has 2 heterocycles. The van der Waals surface area contributed by atoms with Crippen molar-refractivity contribution in [2.24, 2.45) is 0 Å². The summed E-state index contributed by atoms with van der Waals surface area (Å²) < 4.78 is 31.8. The standard InChI is InChI=1S/C17H8ClF2N3O2/c18-13-5-8(19)2-4-11(13)16-22-17(25-23-16)12-7-15(24)21-14-6-9(20)1-3-10(12)14/h1-7H,(H,21,24). The van der Waals surface area contributed by atoms with Gasteiger partial charge in [-0.15, -0.1) is 0 Å². The molecule has 0 aliphatic heterocycles. The van der Waals surface area contributed by atoms with E-state index in [2.05, 4.69) is 15.1 Å². The highest BCUT2D eigenvalue weighted by Gasteiger charge is 2.16. The normalized spacial score (nSPS) is 11.2. The van der Waals surface area contributed by atoms with Gasteiger partial charge in [0.2, 0.25) is 11.4 Å². The third-order valence-electron chi connectivity index (χ3n) is 3.63. The van der Waals surface area contributed by atoms with Crippen molar-refractivity contribution in [2.45, 2.75) is 0 Å². The second-order valence-corrected chi connectivity index (χ2v) is 5.69. The molecule has 8 heteroatoms. The van der Waals surface area contributed by atoms with E-state index in [1.54, 1.807) is 0 Å². The predicted molar refractivity (Wildman–Crippen MR) is 88.2 cm³/mol. The number of fused-ring (bicyclic) bond motifs is 1. The summed E-state index contributed by atoms with van der Waals surface area (Å²) in [6.07, 6.45) is 0. The molecule has 4 rings (SSSR count). The summed E-state index contributed by atoms with van der Waals surface area (Å²) in [6, 6.07) is 9.04. The lowest BCUT2D eigenvalue weighted by molar-refractivity contribution is 0.432. The van der Waals surface area contributed by atoms with Crippen molar-refractivity contribution in [3.63, 3.8) is 0 Å². The van der Waals surface area contributed by atoms with E-state index < -0.39 is 17.2 Å². The second-order valence-electron chi connectivity index (χ2n) is 5.28. The number of nitrogens with zero attached hydrogens (tertiary/aromatic N) is 2. The van der Waals surface area contributed by atoms with Gasteiger partial charge in [-0.25, -0.2) is 8.78 Å². The van der Waals surface area contributed by atoms with Crippen LogP contribution in [-0.2, 0) is 0 Å². The van der Waals surface area contributed by atoms with Crippen LogP contribution >= 0.6 is 11.6 Å². The molecule has 0 bridgehead atoms. The van der Waals surface area contributed by atoms with Gasteiger partial charge in [-0.05, 0) is 36.4 Å². The first-order valence-electron chi connectivity index (χ1n) is 7.13. The maximum atomic E-state index is 13.4. The maximum absolute atomic E-state index is 13.4. The number of aromatic nitrogens is 3. The number of benzene rings is 2. The fourth-order valence-corrected chi connectivity index (χ4v) is 2.77. The molecule has 124 valence electrons. The van der Waals surface area contributed by atoms with Crippen molar-refractivity contribution in [2.75, 3.05) is 0 Å². The van der Waals surface area contributed by atoms with Crippen LogP contribution < -0.4 is 5.56 Å². The molecule has 0 aliphatic rings. The van der Waals surface area contributed by atoms with E-state index in [9.17, 15) is 13.6 Å². The SMILES string of the molecule is O=c1cc(-c2nc(-c3ccc(F)cc3Cl)no2)c2ccc(F)cc2[nH]1. The molecule has 5 nitrogen and oxygen atoms in total. The van der Waals surface area contributed by atoms with Crippen LogP contribution in [0.3, 0.4) is 0 Å². The number of hydrogen-bond donors (Lipinski definition) is 1. The molecule has 0 fully saturated rings. The van der Waals surface area contributed by atoms with Gasteiger partial charge in [-0.1, -0.05) is 16.8 Å². The molecule has 0 radical (unpaired) electrons. The largest absolute Gasteiger partial charge is 0.334 e. The summed E-state index contributed by atoms with van der Waals surface area (Å²) in [5.41, 5.74) is 0.615. The van der Waals surface area contributed by atoms with Crippen molar-refractivity contribution in [1.82, 2.24) is 15.1 Å². The maximum Gasteiger partial charge on any atom is 0.259 e. The number of rotatable bonds is 2. The van der Waals surface area contributed by atoms with Gasteiger partial charge in [0.05, 0.1) is 16.1 Å². The Morgan fingerprint density at radius 3 is 2.56 bits per heavy atom. The van der Waals surface area contributed by atoms with Crippen molar-refractivity contribution >= 4 is 22.5 Å². The Morgan fingerprint density at radius 2 is 1.76 bits per heavy atom. The topological polar surface area (TPSA) is 71.8 Å². The third kappa shape index (κ3) is 2.78. The quantitative estimate of drug-likeness (QED) is 0.583. The Balaban J connectivity index is 1.88. The summed E-state index contributed by atoms with van der Waals surface area (Å²) in [6.45, 7) is 0. The van der Waals surface area contributed by atoms with Crippen LogP contribution in [0.2, 0.25) is 5.02 Å². The Labute approximate surface area is 143 Å². The molecule has 25 heavy (non-hydrogen) atoms. The highest BCUT2D eigenvalue weighted by molar-refractivity contribution is 6.33.